The van der Waals surface area contributed by atoms with Crippen LogP contribution in [0, 0.1) is 33.6 Å². The van der Waals surface area contributed by atoms with Crippen molar-refractivity contribution >= 4 is 17.3 Å². The second kappa shape index (κ2) is 6.27. The summed E-state index contributed by atoms with van der Waals surface area (Å²) in [6.07, 6.45) is 0. The summed E-state index contributed by atoms with van der Waals surface area (Å²) in [6, 6.07) is 1.17. The van der Waals surface area contributed by atoms with Gasteiger partial charge in [-0.25, -0.2) is 4.39 Å². The van der Waals surface area contributed by atoms with Crippen LogP contribution in [0.1, 0.15) is 13.8 Å². The van der Waals surface area contributed by atoms with Gasteiger partial charge in [-0.15, -0.1) is 0 Å². The van der Waals surface area contributed by atoms with Crippen LogP contribution < -0.4 is 5.32 Å². The maximum atomic E-state index is 13.4. The Hall–Kier alpha value is -2.25. The minimum absolute atomic E-state index is 0.170. The molecule has 20 heavy (non-hydrogen) atoms. The van der Waals surface area contributed by atoms with E-state index in [4.69, 9.17) is 5.11 Å². The molecule has 0 bridgehead atoms. The number of hydrogen-bond acceptors (Lipinski definition) is 4. The Bertz CT molecular complexity index is 534. The van der Waals surface area contributed by atoms with Gasteiger partial charge in [0.05, 0.1) is 10.8 Å². The molecule has 0 radical (unpaired) electrons. The molecule has 0 amide bonds. The summed E-state index contributed by atoms with van der Waals surface area (Å²) in [5.74, 6) is -4.45. The van der Waals surface area contributed by atoms with E-state index in [1.54, 1.807) is 13.8 Å². The Labute approximate surface area is 113 Å². The number of carboxylic acids is 1. The molecule has 0 spiro atoms. The van der Waals surface area contributed by atoms with Crippen molar-refractivity contribution in [3.63, 3.8) is 0 Å². The fourth-order valence-electron chi connectivity index (χ4n) is 1.71. The summed E-state index contributed by atoms with van der Waals surface area (Å²) in [5, 5.41) is 22.2. The van der Waals surface area contributed by atoms with Crippen molar-refractivity contribution < 1.29 is 23.6 Å². The highest BCUT2D eigenvalue weighted by atomic mass is 19.1. The fraction of sp³-hybridized carbons (Fsp3) is 0.417. The van der Waals surface area contributed by atoms with Crippen LogP contribution in [0.2, 0.25) is 0 Å². The molecule has 0 fully saturated rings. The predicted molar refractivity (Wildman–Crippen MR) is 67.5 cm³/mol. The first kappa shape index (κ1) is 15.8. The van der Waals surface area contributed by atoms with E-state index >= 15 is 0 Å². The molecule has 1 aromatic rings. The molecule has 0 aromatic heterocycles. The summed E-state index contributed by atoms with van der Waals surface area (Å²) in [4.78, 5) is 20.8. The number of nitro benzene ring substituents is 1. The van der Waals surface area contributed by atoms with Crippen LogP contribution in [0.4, 0.5) is 20.2 Å². The van der Waals surface area contributed by atoms with Crippen LogP contribution in [0.3, 0.4) is 0 Å². The van der Waals surface area contributed by atoms with E-state index in [1.807, 2.05) is 0 Å². The highest BCUT2D eigenvalue weighted by Gasteiger charge is 2.25. The van der Waals surface area contributed by atoms with Gasteiger partial charge in [0.2, 0.25) is 5.82 Å². The van der Waals surface area contributed by atoms with E-state index in [0.717, 1.165) is 6.07 Å². The van der Waals surface area contributed by atoms with Crippen molar-refractivity contribution in [3.8, 4) is 0 Å². The van der Waals surface area contributed by atoms with Crippen LogP contribution in [0.15, 0.2) is 12.1 Å². The van der Waals surface area contributed by atoms with Crippen molar-refractivity contribution in [2.45, 2.75) is 13.8 Å². The second-order valence-electron chi connectivity index (χ2n) is 4.61. The van der Waals surface area contributed by atoms with Crippen molar-refractivity contribution in [2.24, 2.45) is 11.8 Å². The van der Waals surface area contributed by atoms with Crippen LogP contribution in [0.25, 0.3) is 0 Å². The number of benzene rings is 1. The molecule has 0 aliphatic carbocycles. The summed E-state index contributed by atoms with van der Waals surface area (Å²) >= 11 is 0. The zero-order valence-corrected chi connectivity index (χ0v) is 10.9. The number of carbonyl (C=O) groups is 1. The molecule has 2 N–H and O–H groups in total. The van der Waals surface area contributed by atoms with Crippen LogP contribution >= 0.6 is 0 Å². The zero-order chi connectivity index (χ0) is 15.4. The van der Waals surface area contributed by atoms with Gasteiger partial charge in [-0.05, 0) is 5.92 Å². The molecular formula is C12H14F2N2O4. The Morgan fingerprint density at radius 2 is 2.05 bits per heavy atom. The van der Waals surface area contributed by atoms with Gasteiger partial charge in [0.25, 0.3) is 0 Å². The average molecular weight is 288 g/mol. The summed E-state index contributed by atoms with van der Waals surface area (Å²) < 4.78 is 26.5. The highest BCUT2D eigenvalue weighted by Crippen LogP contribution is 2.29. The normalized spacial score (nSPS) is 12.2. The van der Waals surface area contributed by atoms with Crippen molar-refractivity contribution in [1.29, 1.82) is 0 Å². The molecule has 0 saturated carbocycles. The zero-order valence-electron chi connectivity index (χ0n) is 10.9. The van der Waals surface area contributed by atoms with Crippen molar-refractivity contribution in [2.75, 3.05) is 11.9 Å². The highest BCUT2D eigenvalue weighted by molar-refractivity contribution is 5.72. The standard InChI is InChI=1S/C12H14F2N2O4/c1-6(2)8(12(17)18)5-15-10-4-7(13)3-9(14)11(10)16(19)20/h3-4,6,8,15H,5H2,1-2H3,(H,17,18). The lowest BCUT2D eigenvalue weighted by Crippen LogP contribution is -2.27. The molecule has 1 atom stereocenters. The molecule has 0 aliphatic heterocycles. The lowest BCUT2D eigenvalue weighted by atomic mass is 9.96. The number of halogens is 2. The van der Waals surface area contributed by atoms with Crippen molar-refractivity contribution in [3.05, 3.63) is 33.9 Å². The first-order valence-electron chi connectivity index (χ1n) is 5.84. The van der Waals surface area contributed by atoms with E-state index < -0.39 is 34.1 Å². The monoisotopic (exact) mass is 288 g/mol. The topological polar surface area (TPSA) is 92.5 Å². The van der Waals surface area contributed by atoms with Gasteiger partial charge in [0.15, 0.2) is 0 Å². The molecule has 1 rings (SSSR count). The molecule has 1 unspecified atom stereocenters. The van der Waals surface area contributed by atoms with E-state index in [1.165, 1.54) is 0 Å². The van der Waals surface area contributed by atoms with Crippen LogP contribution in [-0.2, 0) is 4.79 Å². The van der Waals surface area contributed by atoms with E-state index in [0.29, 0.717) is 6.07 Å². The molecule has 0 heterocycles. The molecule has 1 aromatic carbocycles. The third-order valence-electron chi connectivity index (χ3n) is 2.85. The Kier molecular flexibility index (Phi) is 4.95. The first-order chi connectivity index (χ1) is 9.23. The van der Waals surface area contributed by atoms with Crippen molar-refractivity contribution in [1.82, 2.24) is 0 Å². The van der Waals surface area contributed by atoms with Crippen LogP contribution in [-0.4, -0.2) is 22.5 Å². The average Bonchev–Trinajstić information content (AvgIpc) is 2.26. The summed E-state index contributed by atoms with van der Waals surface area (Å²) in [6.45, 7) is 3.17. The largest absolute Gasteiger partial charge is 0.481 e. The number of anilines is 1. The summed E-state index contributed by atoms with van der Waals surface area (Å²) in [7, 11) is 0. The maximum Gasteiger partial charge on any atom is 0.327 e. The predicted octanol–water partition coefficient (Wildman–Crippen LogP) is 2.64. The SMILES string of the molecule is CC(C)C(CNc1cc(F)cc(F)c1[N+](=O)[O-])C(=O)O. The van der Waals surface area contributed by atoms with Gasteiger partial charge in [-0.2, -0.15) is 4.39 Å². The number of hydrogen-bond donors (Lipinski definition) is 2. The number of nitrogens with one attached hydrogen (secondary N) is 1. The molecular weight excluding hydrogens is 274 g/mol. The number of aliphatic carboxylic acids is 1. The maximum absolute atomic E-state index is 13.4. The molecule has 110 valence electrons. The second-order valence-corrected chi connectivity index (χ2v) is 4.61. The number of carboxylic acid groups (broad SMARTS) is 1. The minimum Gasteiger partial charge on any atom is -0.481 e. The number of nitrogens with zero attached hydrogens (tertiary/aromatic N) is 1. The third-order valence-corrected chi connectivity index (χ3v) is 2.85. The quantitative estimate of drug-likeness (QED) is 0.620. The van der Waals surface area contributed by atoms with Crippen LogP contribution in [0.5, 0.6) is 0 Å². The Balaban J connectivity index is 3.03. The molecule has 6 nitrogen and oxygen atoms in total. The lowest BCUT2D eigenvalue weighted by molar-refractivity contribution is -0.386. The summed E-state index contributed by atoms with van der Waals surface area (Å²) in [5.41, 5.74) is -1.28. The Morgan fingerprint density at radius 1 is 1.45 bits per heavy atom. The van der Waals surface area contributed by atoms with Gasteiger partial charge in [0, 0.05) is 18.7 Å². The number of nitro groups is 1. The van der Waals surface area contributed by atoms with Gasteiger partial charge >= 0.3 is 11.7 Å². The van der Waals surface area contributed by atoms with Gasteiger partial charge in [0.1, 0.15) is 11.5 Å². The molecule has 8 heteroatoms. The van der Waals surface area contributed by atoms with Gasteiger partial charge < -0.3 is 10.4 Å². The Morgan fingerprint density at radius 3 is 2.50 bits per heavy atom. The van der Waals surface area contributed by atoms with E-state index in [9.17, 15) is 23.7 Å². The smallest absolute Gasteiger partial charge is 0.327 e. The van der Waals surface area contributed by atoms with Gasteiger partial charge in [-0.3, -0.25) is 14.9 Å². The van der Waals surface area contributed by atoms with E-state index in [2.05, 4.69) is 5.32 Å². The third kappa shape index (κ3) is 3.62. The number of rotatable bonds is 6. The lowest BCUT2D eigenvalue weighted by Gasteiger charge is -2.17. The van der Waals surface area contributed by atoms with E-state index in [-0.39, 0.29) is 18.2 Å². The molecule has 0 saturated heterocycles. The minimum atomic E-state index is -1.31. The molecule has 0 aliphatic rings. The van der Waals surface area contributed by atoms with Gasteiger partial charge in [-0.1, -0.05) is 13.8 Å². The first-order valence-corrected chi connectivity index (χ1v) is 5.84. The fourth-order valence-corrected chi connectivity index (χ4v) is 1.71.